The fourth-order valence-corrected chi connectivity index (χ4v) is 1.75. The van der Waals surface area contributed by atoms with Crippen LogP contribution in [0.4, 0.5) is 18.9 Å². The lowest BCUT2D eigenvalue weighted by atomic mass is 10.1. The highest BCUT2D eigenvalue weighted by Gasteiger charge is 2.12. The molecule has 0 bridgehead atoms. The predicted octanol–water partition coefficient (Wildman–Crippen LogP) is 4.28. The van der Waals surface area contributed by atoms with Crippen LogP contribution >= 0.6 is 0 Å². The van der Waals surface area contributed by atoms with Crippen molar-refractivity contribution >= 4 is 5.69 Å². The molecule has 0 aliphatic carbocycles. The zero-order valence-corrected chi connectivity index (χ0v) is 10.5. The van der Waals surface area contributed by atoms with Crippen LogP contribution in [0.2, 0.25) is 0 Å². The van der Waals surface area contributed by atoms with Gasteiger partial charge in [0.15, 0.2) is 17.5 Å². The van der Waals surface area contributed by atoms with Crippen molar-refractivity contribution in [3.8, 4) is 0 Å². The summed E-state index contributed by atoms with van der Waals surface area (Å²) in [6.07, 6.45) is 0.950. The first-order valence-electron chi connectivity index (χ1n) is 6.07. The Kier molecular flexibility index (Phi) is 4.10. The summed E-state index contributed by atoms with van der Waals surface area (Å²) in [6.45, 7) is 2.41. The van der Waals surface area contributed by atoms with Crippen molar-refractivity contribution in [2.75, 3.05) is 5.32 Å². The van der Waals surface area contributed by atoms with Gasteiger partial charge in [-0.25, -0.2) is 13.2 Å². The first-order valence-corrected chi connectivity index (χ1v) is 6.07. The molecular weight excluding hydrogens is 251 g/mol. The summed E-state index contributed by atoms with van der Waals surface area (Å²) in [7, 11) is 0. The quantitative estimate of drug-likeness (QED) is 0.814. The Hall–Kier alpha value is -1.97. The van der Waals surface area contributed by atoms with Gasteiger partial charge in [0.25, 0.3) is 0 Å². The average Bonchev–Trinajstić information content (AvgIpc) is 2.45. The second-order valence-electron chi connectivity index (χ2n) is 4.25. The van der Waals surface area contributed by atoms with Gasteiger partial charge in [0, 0.05) is 6.54 Å². The van der Waals surface area contributed by atoms with Crippen LogP contribution in [0.3, 0.4) is 0 Å². The molecule has 0 radical (unpaired) electrons. The molecule has 0 aromatic heterocycles. The Morgan fingerprint density at radius 2 is 1.47 bits per heavy atom. The Bertz CT molecular complexity index is 564. The lowest BCUT2D eigenvalue weighted by Crippen LogP contribution is -2.04. The van der Waals surface area contributed by atoms with Crippen molar-refractivity contribution in [2.24, 2.45) is 0 Å². The van der Waals surface area contributed by atoms with Crippen molar-refractivity contribution in [2.45, 2.75) is 19.9 Å². The minimum Gasteiger partial charge on any atom is -0.379 e. The lowest BCUT2D eigenvalue weighted by Gasteiger charge is -2.09. The molecule has 2 rings (SSSR count). The van der Waals surface area contributed by atoms with E-state index in [1.54, 1.807) is 0 Å². The third kappa shape index (κ3) is 3.08. The van der Waals surface area contributed by atoms with E-state index < -0.39 is 17.5 Å². The fraction of sp³-hybridized carbons (Fsp3) is 0.200. The zero-order chi connectivity index (χ0) is 13.8. The second kappa shape index (κ2) is 5.78. The molecule has 2 aromatic carbocycles. The number of halogens is 3. The molecule has 0 spiro atoms. The Labute approximate surface area is 110 Å². The predicted molar refractivity (Wildman–Crippen MR) is 69.5 cm³/mol. The second-order valence-corrected chi connectivity index (χ2v) is 4.25. The highest BCUT2D eigenvalue weighted by atomic mass is 19.2. The van der Waals surface area contributed by atoms with Crippen LogP contribution in [0.1, 0.15) is 18.1 Å². The van der Waals surface area contributed by atoms with Crippen LogP contribution in [0.15, 0.2) is 36.4 Å². The summed E-state index contributed by atoms with van der Waals surface area (Å²) in [5.41, 5.74) is 2.11. The molecule has 0 unspecified atom stereocenters. The molecule has 0 saturated carbocycles. The summed E-state index contributed by atoms with van der Waals surface area (Å²) in [4.78, 5) is 0. The number of hydrogen-bond donors (Lipinski definition) is 1. The molecule has 2 aromatic rings. The van der Waals surface area contributed by atoms with Gasteiger partial charge < -0.3 is 5.32 Å². The summed E-state index contributed by atoms with van der Waals surface area (Å²) >= 11 is 0. The van der Waals surface area contributed by atoms with Gasteiger partial charge in [0.1, 0.15) is 0 Å². The van der Waals surface area contributed by atoms with Crippen molar-refractivity contribution < 1.29 is 13.2 Å². The molecule has 1 nitrogen and oxygen atoms in total. The largest absolute Gasteiger partial charge is 0.379 e. The summed E-state index contributed by atoms with van der Waals surface area (Å²) in [5.74, 6) is -3.83. The summed E-state index contributed by atoms with van der Waals surface area (Å²) in [5, 5.41) is 2.75. The van der Waals surface area contributed by atoms with E-state index in [9.17, 15) is 13.2 Å². The maximum atomic E-state index is 13.4. The third-order valence-electron chi connectivity index (χ3n) is 2.95. The van der Waals surface area contributed by atoms with Gasteiger partial charge in [-0.15, -0.1) is 0 Å². The van der Waals surface area contributed by atoms with Crippen LogP contribution in [-0.4, -0.2) is 0 Å². The normalized spacial score (nSPS) is 10.5. The first kappa shape index (κ1) is 13.5. The lowest BCUT2D eigenvalue weighted by molar-refractivity contribution is 0.449. The Morgan fingerprint density at radius 3 is 2.11 bits per heavy atom. The van der Waals surface area contributed by atoms with Gasteiger partial charge in [-0.05, 0) is 29.7 Å². The monoisotopic (exact) mass is 265 g/mol. The van der Waals surface area contributed by atoms with Crippen LogP contribution in [-0.2, 0) is 13.0 Å². The molecule has 4 heteroatoms. The summed E-state index contributed by atoms with van der Waals surface area (Å²) < 4.78 is 39.2. The molecule has 0 atom stereocenters. The van der Waals surface area contributed by atoms with Gasteiger partial charge in [-0.3, -0.25) is 0 Å². The van der Waals surface area contributed by atoms with Gasteiger partial charge in [0.2, 0.25) is 0 Å². The smallest absolute Gasteiger partial charge is 0.196 e. The standard InChI is InChI=1S/C15H14F3N/c1-2-10-3-5-11(6-4-10)9-19-13-8-7-12(16)14(17)15(13)18/h3-8,19H,2,9H2,1H3. The molecular formula is C15H14F3N. The minimum atomic E-state index is -1.45. The van der Waals surface area contributed by atoms with Crippen LogP contribution in [0, 0.1) is 17.5 Å². The number of aryl methyl sites for hydroxylation is 1. The zero-order valence-electron chi connectivity index (χ0n) is 10.5. The molecule has 1 N–H and O–H groups in total. The van der Waals surface area contributed by atoms with E-state index in [0.29, 0.717) is 6.54 Å². The van der Waals surface area contributed by atoms with Crippen molar-refractivity contribution in [1.82, 2.24) is 0 Å². The highest BCUT2D eigenvalue weighted by molar-refractivity contribution is 5.46. The van der Waals surface area contributed by atoms with Crippen molar-refractivity contribution in [3.05, 3.63) is 65.0 Å². The van der Waals surface area contributed by atoms with Crippen LogP contribution in [0.5, 0.6) is 0 Å². The topological polar surface area (TPSA) is 12.0 Å². The summed E-state index contributed by atoms with van der Waals surface area (Å²) in [6, 6.07) is 9.90. The highest BCUT2D eigenvalue weighted by Crippen LogP contribution is 2.20. The van der Waals surface area contributed by atoms with E-state index >= 15 is 0 Å². The van der Waals surface area contributed by atoms with E-state index in [4.69, 9.17) is 0 Å². The SMILES string of the molecule is CCc1ccc(CNc2ccc(F)c(F)c2F)cc1. The molecule has 0 amide bonds. The van der Waals surface area contributed by atoms with Crippen molar-refractivity contribution in [3.63, 3.8) is 0 Å². The number of rotatable bonds is 4. The maximum absolute atomic E-state index is 13.4. The van der Waals surface area contributed by atoms with E-state index in [0.717, 1.165) is 18.1 Å². The first-order chi connectivity index (χ1) is 9.11. The van der Waals surface area contributed by atoms with Crippen LogP contribution < -0.4 is 5.32 Å². The van der Waals surface area contributed by atoms with E-state index in [-0.39, 0.29) is 5.69 Å². The number of benzene rings is 2. The molecule has 0 aliphatic heterocycles. The van der Waals surface area contributed by atoms with Crippen LogP contribution in [0.25, 0.3) is 0 Å². The minimum absolute atomic E-state index is 0.0431. The molecule has 100 valence electrons. The molecule has 0 heterocycles. The third-order valence-corrected chi connectivity index (χ3v) is 2.95. The fourth-order valence-electron chi connectivity index (χ4n) is 1.75. The Balaban J connectivity index is 2.08. The number of nitrogens with one attached hydrogen (secondary N) is 1. The van der Waals surface area contributed by atoms with Gasteiger partial charge in [0.05, 0.1) is 5.69 Å². The molecule has 0 aliphatic rings. The Morgan fingerprint density at radius 1 is 0.842 bits per heavy atom. The molecule has 0 fully saturated rings. The number of anilines is 1. The van der Waals surface area contributed by atoms with E-state index in [1.807, 2.05) is 24.3 Å². The van der Waals surface area contributed by atoms with Gasteiger partial charge in [-0.1, -0.05) is 31.2 Å². The van der Waals surface area contributed by atoms with E-state index in [1.165, 1.54) is 11.6 Å². The van der Waals surface area contributed by atoms with Crippen molar-refractivity contribution in [1.29, 1.82) is 0 Å². The number of hydrogen-bond acceptors (Lipinski definition) is 1. The average molecular weight is 265 g/mol. The van der Waals surface area contributed by atoms with Gasteiger partial charge in [-0.2, -0.15) is 0 Å². The molecule has 19 heavy (non-hydrogen) atoms. The van der Waals surface area contributed by atoms with E-state index in [2.05, 4.69) is 12.2 Å². The maximum Gasteiger partial charge on any atom is 0.196 e. The van der Waals surface area contributed by atoms with Gasteiger partial charge >= 0.3 is 0 Å². The molecule has 0 saturated heterocycles.